The van der Waals surface area contributed by atoms with Crippen molar-refractivity contribution in [3.05, 3.63) is 66.7 Å². The lowest BCUT2D eigenvalue weighted by atomic mass is 10.1. The third-order valence-corrected chi connectivity index (χ3v) is 14.4. The van der Waals surface area contributed by atoms with Gasteiger partial charge in [0.05, 0.1) is 66.5 Å². The van der Waals surface area contributed by atoms with Gasteiger partial charge in [0.2, 0.25) is 0 Å². The van der Waals surface area contributed by atoms with Crippen molar-refractivity contribution in [2.75, 3.05) is 38.9 Å². The smallest absolute Gasteiger partial charge is 0.397 e. The van der Waals surface area contributed by atoms with Crippen molar-refractivity contribution in [2.24, 2.45) is 30.7 Å². The van der Waals surface area contributed by atoms with Gasteiger partial charge in [-0.1, -0.05) is 22.2 Å². The third-order valence-electron chi connectivity index (χ3n) is 8.61. The topological polar surface area (TPSA) is 426 Å². The van der Waals surface area contributed by atoms with Crippen LogP contribution in [0.3, 0.4) is 0 Å². The first-order chi connectivity index (χ1) is 32.5. The van der Waals surface area contributed by atoms with Crippen LogP contribution in [0.25, 0.3) is 10.8 Å². The Morgan fingerprint density at radius 1 is 0.580 bits per heavy atom. The lowest BCUT2D eigenvalue weighted by Crippen LogP contribution is -2.15. The molecule has 0 spiro atoms. The van der Waals surface area contributed by atoms with E-state index in [1.807, 2.05) is 0 Å². The van der Waals surface area contributed by atoms with Crippen molar-refractivity contribution < 1.29 is 105 Å². The molecule has 0 aliphatic heterocycles. The highest BCUT2D eigenvalue weighted by atomic mass is 32.3. The summed E-state index contributed by atoms with van der Waals surface area (Å²) in [5.41, 5.74) is -3.91. The second-order valence-corrected chi connectivity index (χ2v) is 20.7. The van der Waals surface area contributed by atoms with E-state index in [9.17, 15) is 53.5 Å². The minimum Gasteiger partial charge on any atom is -0.504 e. The van der Waals surface area contributed by atoms with Crippen LogP contribution in [0.2, 0.25) is 0 Å². The summed E-state index contributed by atoms with van der Waals surface area (Å²) in [5.74, 6) is -5.45. The molecule has 0 aliphatic rings. The van der Waals surface area contributed by atoms with Crippen LogP contribution < -0.4 is 9.47 Å². The van der Waals surface area contributed by atoms with E-state index >= 15 is 0 Å². The SMILES string of the molecule is COc1ccc(S(=O)(=O)CCOSOOO)cc1N=Nc1c(O)c(N=Nc2cc(SOOO)c3cccc(S(=O)(=O)O)c3c2)c(O)c(N=Nc2cc(S(=O)(=O)CCOS(=O)(=O)O)ccc2OC)c1O. The van der Waals surface area contributed by atoms with E-state index in [0.717, 1.165) is 49.6 Å². The van der Waals surface area contributed by atoms with E-state index in [0.29, 0.717) is 12.0 Å². The maximum atomic E-state index is 13.1. The molecule has 0 heterocycles. The molecule has 5 aromatic rings. The van der Waals surface area contributed by atoms with E-state index in [1.54, 1.807) is 0 Å². The largest absolute Gasteiger partial charge is 0.504 e. The molecule has 0 aliphatic carbocycles. The number of sulfone groups is 2. The number of phenols is 3. The quantitative estimate of drug-likeness (QED) is 0.00797. The Bertz CT molecular complexity index is 3270. The predicted molar refractivity (Wildman–Crippen MR) is 234 cm³/mol. The summed E-state index contributed by atoms with van der Waals surface area (Å²) in [6.07, 6.45) is 0. The third kappa shape index (κ3) is 14.0. The molecule has 0 unspecified atom stereocenters. The number of hydrogen-bond acceptors (Lipinski definition) is 29. The molecule has 0 amide bonds. The summed E-state index contributed by atoms with van der Waals surface area (Å²) in [5, 5.41) is 81.7. The van der Waals surface area contributed by atoms with Gasteiger partial charge in [0.1, 0.15) is 27.8 Å². The summed E-state index contributed by atoms with van der Waals surface area (Å²) in [6, 6.07) is 12.3. The van der Waals surface area contributed by atoms with Crippen LogP contribution in [0.4, 0.5) is 34.1 Å². The highest BCUT2D eigenvalue weighted by Gasteiger charge is 2.27. The lowest BCUT2D eigenvalue weighted by molar-refractivity contribution is -0.434. The van der Waals surface area contributed by atoms with Gasteiger partial charge < -0.3 is 24.8 Å². The van der Waals surface area contributed by atoms with Crippen LogP contribution >= 0.6 is 24.4 Å². The number of phenolic OH excluding ortho intramolecular Hbond substituents is 3. The molecule has 0 saturated heterocycles. The van der Waals surface area contributed by atoms with Crippen LogP contribution in [0, 0.1) is 0 Å². The molecule has 29 nitrogen and oxygen atoms in total. The van der Waals surface area contributed by atoms with E-state index in [2.05, 4.69) is 53.6 Å². The van der Waals surface area contributed by atoms with Crippen molar-refractivity contribution >= 4 is 109 Å². The molecule has 0 fully saturated rings. The van der Waals surface area contributed by atoms with Gasteiger partial charge in [-0.25, -0.2) is 31.5 Å². The minimum atomic E-state index is -4.99. The molecule has 0 aromatic heterocycles. The molecule has 35 heteroatoms. The van der Waals surface area contributed by atoms with E-state index in [4.69, 9.17) is 28.7 Å². The Hall–Kier alpha value is -5.74. The monoisotopic (exact) mass is 1080 g/mol. The average molecular weight is 1090 g/mol. The summed E-state index contributed by atoms with van der Waals surface area (Å²) >= 11 is 0.484. The molecule has 5 rings (SSSR count). The molecule has 5 aromatic carbocycles. The summed E-state index contributed by atoms with van der Waals surface area (Å²) in [4.78, 5) is -1.48. The molecule has 372 valence electrons. The number of fused-ring (bicyclic) bond motifs is 1. The standard InChI is InChI=1S/C34H32N6O23S6/c1-56-25-8-6-19(66(46,47)12-10-58-65-63-61-45)16-23(25)36-39-30-32(41)29(38-35-18-14-22-21(27(15-18)64-62-60-44)4-3-5-28(22)68(50,51)52)33(42)31(34(30)43)40-37-24-17-20(7-9-26(24)57-2)67(48,49)13-11-59-69(53,54)55/h3-9,14-17,41-45H,10-13H2,1-2H3,(H,50,51,52)(H,53,54,55). The molecule has 0 bridgehead atoms. The fourth-order valence-corrected chi connectivity index (χ4v) is 9.73. The van der Waals surface area contributed by atoms with Gasteiger partial charge in [0, 0.05) is 10.3 Å². The minimum absolute atomic E-state index is 0.00296. The zero-order valence-electron chi connectivity index (χ0n) is 34.5. The number of hydrogen-bond donors (Lipinski definition) is 7. The van der Waals surface area contributed by atoms with E-state index in [-0.39, 0.29) is 55.8 Å². The molecular weight excluding hydrogens is 1050 g/mol. The summed E-state index contributed by atoms with van der Waals surface area (Å²) in [6.45, 7) is -1.45. The number of azo groups is 3. The van der Waals surface area contributed by atoms with Crippen LogP contribution in [0.1, 0.15) is 0 Å². The first kappa shape index (κ1) is 54.2. The van der Waals surface area contributed by atoms with Gasteiger partial charge in [-0.15, -0.1) is 34.2 Å². The maximum Gasteiger partial charge on any atom is 0.397 e. The number of rotatable bonds is 24. The van der Waals surface area contributed by atoms with Crippen molar-refractivity contribution in [1.29, 1.82) is 0 Å². The van der Waals surface area contributed by atoms with Crippen LogP contribution in [-0.2, 0) is 67.3 Å². The van der Waals surface area contributed by atoms with Crippen LogP contribution in [0.5, 0.6) is 28.7 Å². The number of ether oxygens (including phenoxy) is 2. The number of nitrogens with zero attached hydrogens (tertiary/aromatic N) is 6. The Morgan fingerprint density at radius 3 is 1.57 bits per heavy atom. The molecule has 7 N–H and O–H groups in total. The zero-order valence-corrected chi connectivity index (χ0v) is 39.4. The summed E-state index contributed by atoms with van der Waals surface area (Å²) in [7, 11) is -16.1. The van der Waals surface area contributed by atoms with Gasteiger partial charge in [0.25, 0.3) is 10.1 Å². The van der Waals surface area contributed by atoms with Gasteiger partial charge in [-0.3, -0.25) is 13.3 Å². The van der Waals surface area contributed by atoms with Gasteiger partial charge in [-0.05, 0) is 60.0 Å². The Labute approximate surface area is 397 Å². The predicted octanol–water partition coefficient (Wildman–Crippen LogP) is 7.26. The molecular formula is C34H32N6O23S6. The van der Waals surface area contributed by atoms with Gasteiger partial charge >= 0.3 is 10.4 Å². The van der Waals surface area contributed by atoms with Gasteiger partial charge in [0.15, 0.2) is 66.3 Å². The molecule has 0 radical (unpaired) electrons. The van der Waals surface area contributed by atoms with Crippen molar-refractivity contribution in [2.45, 2.75) is 19.6 Å². The van der Waals surface area contributed by atoms with Crippen molar-refractivity contribution in [3.63, 3.8) is 0 Å². The second kappa shape index (κ2) is 23.2. The first-order valence-electron chi connectivity index (χ1n) is 18.0. The normalized spacial score (nSPS) is 12.8. The lowest BCUT2D eigenvalue weighted by Gasteiger charge is -2.12. The Balaban J connectivity index is 1.70. The number of methoxy groups -OCH3 is 2. The highest BCUT2D eigenvalue weighted by Crippen LogP contribution is 2.57. The Kier molecular flexibility index (Phi) is 18.3. The van der Waals surface area contributed by atoms with Crippen LogP contribution in [-0.4, -0.2) is 108 Å². The van der Waals surface area contributed by atoms with E-state index < -0.39 is 115 Å². The fraction of sp³-hybridized carbons (Fsp3) is 0.176. The highest BCUT2D eigenvalue weighted by molar-refractivity contribution is 7.94. The summed E-state index contributed by atoms with van der Waals surface area (Å²) < 4.78 is 145. The second-order valence-electron chi connectivity index (χ2n) is 12.8. The number of benzene rings is 5. The fourth-order valence-electron chi connectivity index (χ4n) is 5.56. The molecule has 0 saturated carbocycles. The molecule has 69 heavy (non-hydrogen) atoms. The number of aromatic hydroxyl groups is 3. The zero-order chi connectivity index (χ0) is 50.7. The van der Waals surface area contributed by atoms with Crippen molar-refractivity contribution in [3.8, 4) is 28.7 Å². The molecule has 0 atom stereocenters. The maximum absolute atomic E-state index is 13.1. The Morgan fingerprint density at radius 2 is 1.09 bits per heavy atom. The van der Waals surface area contributed by atoms with E-state index in [1.165, 1.54) is 31.4 Å². The van der Waals surface area contributed by atoms with Gasteiger partial charge in [-0.2, -0.15) is 21.9 Å². The van der Waals surface area contributed by atoms with Crippen molar-refractivity contribution in [1.82, 2.24) is 0 Å². The van der Waals surface area contributed by atoms with Crippen LogP contribution in [0.15, 0.2) is 117 Å². The average Bonchev–Trinajstić information content (AvgIpc) is 3.29. The first-order valence-corrected chi connectivity index (χ1v) is 25.5.